The van der Waals surface area contributed by atoms with Crippen LogP contribution in [0.1, 0.15) is 149 Å². The number of anilines is 1. The van der Waals surface area contributed by atoms with Crippen molar-refractivity contribution in [3.05, 3.63) is 141 Å². The molecular weight excluding hydrogens is 757 g/mol. The van der Waals surface area contributed by atoms with Crippen LogP contribution in [0.4, 0.5) is 11.4 Å². The van der Waals surface area contributed by atoms with Crippen LogP contribution in [0.25, 0.3) is 10.8 Å². The molecule has 312 valence electrons. The van der Waals surface area contributed by atoms with E-state index in [1.54, 1.807) is 24.3 Å². The Balaban J connectivity index is 1.10. The first-order chi connectivity index (χ1) is 29.4. The Labute approximate surface area is 360 Å². The number of para-hydroxylation sites is 1. The van der Waals surface area contributed by atoms with Gasteiger partial charge in [-0.2, -0.15) is 4.58 Å². The average molecular weight is 814 g/mol. The lowest BCUT2D eigenvalue weighted by atomic mass is 9.77. The summed E-state index contributed by atoms with van der Waals surface area (Å²) < 4.78 is 7.30. The zero-order chi connectivity index (χ0) is 43.1. The zero-order valence-electron chi connectivity index (χ0n) is 36.5. The first-order valence-electron chi connectivity index (χ1n) is 22.3. The van der Waals surface area contributed by atoms with E-state index in [4.69, 9.17) is 4.74 Å². The summed E-state index contributed by atoms with van der Waals surface area (Å²) in [5.74, 6) is 5.30. The van der Waals surface area contributed by atoms with Gasteiger partial charge in [-0.05, 0) is 80.6 Å². The third kappa shape index (κ3) is 7.45. The lowest BCUT2D eigenvalue weighted by Crippen LogP contribution is -2.32. The van der Waals surface area contributed by atoms with Crippen molar-refractivity contribution in [2.75, 3.05) is 18.0 Å². The number of carbonyl (C=O) groups excluding carboxylic acids is 3. The number of ether oxygens (including phenoxy) is 1. The standard InChI is InChI=1S/C54H56N2O5/c1-7-9-10-11-12-13-14-15-16-19-31-56-45-30-26-35(25-27-36-28-29-39-48-37(36)21-20-22-38(48)51(59)61-52(39)60)32-43(45)54(5,6)47(56)34-41-49(57)40(50(41)58)33-46-53(3,4)42-23-17-18-24-44(42)55(46)8-2/h17-18,20-24,26,28-30,32-34H,7-16,19,31H2,1-6H3/p+1. The minimum Gasteiger partial charge on any atom is -0.506 e. The number of fused-ring (bicyclic) bond motifs is 2. The minimum atomic E-state index is -0.647. The number of carbonyl (C=O) groups is 3. The van der Waals surface area contributed by atoms with Gasteiger partial charge in [0, 0.05) is 64.0 Å². The number of benzene rings is 4. The van der Waals surface area contributed by atoms with Crippen molar-refractivity contribution in [3.8, 4) is 11.8 Å². The Morgan fingerprint density at radius 1 is 0.721 bits per heavy atom. The summed E-state index contributed by atoms with van der Waals surface area (Å²) in [6.45, 7) is 14.6. The number of Topliss-reactive ketones (excluding diaryl/α,β-unsaturated/α-hetero) is 1. The van der Waals surface area contributed by atoms with E-state index in [2.05, 4.69) is 93.2 Å². The van der Waals surface area contributed by atoms with Crippen molar-refractivity contribution in [1.29, 1.82) is 0 Å². The predicted molar refractivity (Wildman–Crippen MR) is 244 cm³/mol. The maximum Gasteiger partial charge on any atom is 0.346 e. The van der Waals surface area contributed by atoms with E-state index in [9.17, 15) is 19.5 Å². The first kappa shape index (κ1) is 41.7. The zero-order valence-corrected chi connectivity index (χ0v) is 36.5. The molecule has 7 heteroatoms. The molecule has 0 fully saturated rings. The van der Waals surface area contributed by atoms with Crippen LogP contribution >= 0.6 is 0 Å². The molecule has 8 rings (SSSR count). The molecule has 3 aliphatic heterocycles. The fourth-order valence-electron chi connectivity index (χ4n) is 9.83. The second-order valence-electron chi connectivity index (χ2n) is 18.0. The number of hydrogen-bond donors (Lipinski definition) is 1. The van der Waals surface area contributed by atoms with E-state index in [1.807, 2.05) is 30.4 Å². The number of hydrogen-bond acceptors (Lipinski definition) is 6. The molecule has 0 saturated carbocycles. The summed E-state index contributed by atoms with van der Waals surface area (Å²) >= 11 is 0. The van der Waals surface area contributed by atoms with Gasteiger partial charge in [-0.1, -0.05) is 114 Å². The predicted octanol–water partition coefficient (Wildman–Crippen LogP) is 11.9. The molecule has 0 amide bonds. The number of unbranched alkanes of at least 4 members (excludes halogenated alkanes) is 9. The van der Waals surface area contributed by atoms with Crippen molar-refractivity contribution in [3.63, 3.8) is 0 Å². The van der Waals surface area contributed by atoms with Crippen LogP contribution in [-0.2, 0) is 20.4 Å². The molecule has 0 atom stereocenters. The highest BCUT2D eigenvalue weighted by Gasteiger charge is 2.47. The highest BCUT2D eigenvalue weighted by molar-refractivity contribution is 6.24. The number of rotatable bonds is 14. The van der Waals surface area contributed by atoms with Crippen molar-refractivity contribution >= 4 is 45.6 Å². The number of aliphatic hydroxyl groups is 1. The van der Waals surface area contributed by atoms with E-state index in [-0.39, 0.29) is 17.0 Å². The number of nitrogens with zero attached hydrogens (tertiary/aromatic N) is 2. The van der Waals surface area contributed by atoms with Gasteiger partial charge in [0.2, 0.25) is 11.5 Å². The quantitative estimate of drug-likeness (QED) is 0.0341. The van der Waals surface area contributed by atoms with Crippen LogP contribution in [0.3, 0.4) is 0 Å². The van der Waals surface area contributed by atoms with Gasteiger partial charge in [-0.3, -0.25) is 4.79 Å². The number of allylic oxidation sites excluding steroid dienone is 5. The monoisotopic (exact) mass is 813 g/mol. The van der Waals surface area contributed by atoms with E-state index < -0.39 is 17.4 Å². The number of esters is 2. The van der Waals surface area contributed by atoms with Crippen molar-refractivity contribution in [2.24, 2.45) is 0 Å². The molecule has 1 N–H and O–H groups in total. The van der Waals surface area contributed by atoms with Gasteiger partial charge in [-0.25, -0.2) is 9.59 Å². The lowest BCUT2D eigenvalue weighted by molar-refractivity contribution is -0.438. The summed E-state index contributed by atoms with van der Waals surface area (Å²) in [5.41, 5.74) is 8.66. The Kier molecular flexibility index (Phi) is 11.5. The Morgan fingerprint density at radius 3 is 2.11 bits per heavy atom. The summed E-state index contributed by atoms with van der Waals surface area (Å²) in [5, 5.41) is 13.0. The van der Waals surface area contributed by atoms with Gasteiger partial charge >= 0.3 is 11.9 Å². The normalized spacial score (nSPS) is 18.5. The summed E-state index contributed by atoms with van der Waals surface area (Å²) in [7, 11) is 0. The minimum absolute atomic E-state index is 0.0426. The third-order valence-corrected chi connectivity index (χ3v) is 13.3. The molecule has 3 heterocycles. The number of likely N-dealkylation sites (N-methyl/N-ethyl adjacent to an activating group) is 1. The van der Waals surface area contributed by atoms with E-state index >= 15 is 0 Å². The fourth-order valence-corrected chi connectivity index (χ4v) is 9.83. The molecule has 0 radical (unpaired) electrons. The third-order valence-electron chi connectivity index (χ3n) is 13.3. The summed E-state index contributed by atoms with van der Waals surface area (Å²) in [6.07, 6.45) is 16.3. The van der Waals surface area contributed by atoms with Crippen molar-refractivity contribution in [2.45, 2.75) is 117 Å². The number of aliphatic hydroxyl groups excluding tert-OH is 1. The van der Waals surface area contributed by atoms with E-state index in [1.165, 1.54) is 56.9 Å². The van der Waals surface area contributed by atoms with Crippen molar-refractivity contribution < 1.29 is 28.8 Å². The van der Waals surface area contributed by atoms with Gasteiger partial charge in [0.15, 0.2) is 5.71 Å². The largest absolute Gasteiger partial charge is 0.506 e. The van der Waals surface area contributed by atoms with Crippen LogP contribution in [0.15, 0.2) is 108 Å². The smallest absolute Gasteiger partial charge is 0.346 e. The van der Waals surface area contributed by atoms with Crippen LogP contribution in [0.2, 0.25) is 0 Å². The van der Waals surface area contributed by atoms with Gasteiger partial charge in [0.1, 0.15) is 12.3 Å². The second kappa shape index (κ2) is 16.8. The lowest BCUT2D eigenvalue weighted by Gasteiger charge is -2.28. The van der Waals surface area contributed by atoms with Crippen LogP contribution in [0, 0.1) is 11.8 Å². The van der Waals surface area contributed by atoms with E-state index in [0.29, 0.717) is 33.2 Å². The Hall–Kier alpha value is -6.00. The molecule has 7 nitrogen and oxygen atoms in total. The molecule has 0 spiro atoms. The van der Waals surface area contributed by atoms with Crippen LogP contribution in [-0.4, -0.2) is 46.2 Å². The van der Waals surface area contributed by atoms with Crippen LogP contribution in [0.5, 0.6) is 0 Å². The molecule has 4 aromatic rings. The fraction of sp³-hybridized carbons (Fsp3) is 0.370. The molecule has 61 heavy (non-hydrogen) atoms. The van der Waals surface area contributed by atoms with Crippen molar-refractivity contribution in [1.82, 2.24) is 0 Å². The maximum absolute atomic E-state index is 14.1. The summed E-state index contributed by atoms with van der Waals surface area (Å²) in [4.78, 5) is 41.4. The second-order valence-corrected chi connectivity index (χ2v) is 18.0. The molecule has 0 saturated heterocycles. The molecule has 0 unspecified atom stereocenters. The first-order valence-corrected chi connectivity index (χ1v) is 22.3. The van der Waals surface area contributed by atoms with Gasteiger partial charge in [0.25, 0.3) is 0 Å². The molecule has 4 aromatic carbocycles. The van der Waals surface area contributed by atoms with E-state index in [0.717, 1.165) is 65.2 Å². The molecule has 4 aliphatic rings. The van der Waals surface area contributed by atoms with Gasteiger partial charge in [-0.15, -0.1) is 0 Å². The molecular formula is C54H57N2O5+. The highest BCUT2D eigenvalue weighted by atomic mass is 16.6. The highest BCUT2D eigenvalue weighted by Crippen LogP contribution is 2.49. The average Bonchev–Trinajstić information content (AvgIpc) is 3.60. The molecule has 1 aliphatic carbocycles. The Bertz CT molecular complexity index is 2660. The maximum atomic E-state index is 14.1. The Morgan fingerprint density at radius 2 is 1.41 bits per heavy atom. The van der Waals surface area contributed by atoms with Crippen LogP contribution < -0.4 is 4.90 Å². The van der Waals surface area contributed by atoms with Gasteiger partial charge in [0.05, 0.1) is 27.7 Å². The topological polar surface area (TPSA) is 86.9 Å². The van der Waals surface area contributed by atoms with Gasteiger partial charge < -0.3 is 14.7 Å². The molecule has 0 bridgehead atoms. The number of ketones is 1. The number of cyclic esters (lactones) is 2. The SMILES string of the molecule is CCCCCCCCCCCC[N+]1=C(/C=C2\C(=O)C(/C=C3\N(CC)c4ccccc4C3(C)C)=C2O)C(C)(C)c2cc(C#Cc3ccc4c5c(cccc35)C(=O)OC4=O)ccc21. The molecule has 0 aromatic heterocycles. The summed E-state index contributed by atoms with van der Waals surface area (Å²) in [6, 6.07) is 23.5.